The van der Waals surface area contributed by atoms with E-state index in [1.165, 1.54) is 51.5 Å². The molecular weight excluding hydrogens is 218 g/mol. The second-order valence-electron chi connectivity index (χ2n) is 4.80. The van der Waals surface area contributed by atoms with Gasteiger partial charge in [0.2, 0.25) is 0 Å². The SMILES string of the molecule is CSC1CCC(NCCCCCCO)CC1. The lowest BCUT2D eigenvalue weighted by molar-refractivity contribution is 0.282. The Kier molecular flexibility index (Phi) is 8.34. The highest BCUT2D eigenvalue weighted by Crippen LogP contribution is 2.26. The highest BCUT2D eigenvalue weighted by atomic mass is 32.2. The highest BCUT2D eigenvalue weighted by Gasteiger charge is 2.19. The zero-order valence-corrected chi connectivity index (χ0v) is 11.4. The first-order valence-electron chi connectivity index (χ1n) is 6.74. The Labute approximate surface area is 105 Å². The van der Waals surface area contributed by atoms with Gasteiger partial charge < -0.3 is 10.4 Å². The highest BCUT2D eigenvalue weighted by molar-refractivity contribution is 7.99. The number of rotatable bonds is 8. The molecule has 3 heteroatoms. The Balaban J connectivity index is 1.90. The second kappa shape index (κ2) is 9.32. The summed E-state index contributed by atoms with van der Waals surface area (Å²) in [6.07, 6.45) is 12.4. The molecule has 0 saturated heterocycles. The molecule has 0 heterocycles. The molecule has 0 aromatic heterocycles. The number of nitrogens with one attached hydrogen (secondary N) is 1. The standard InChI is InChI=1S/C13H27NOS/c1-16-13-8-6-12(7-9-13)14-10-4-2-3-5-11-15/h12-15H,2-11H2,1H3. The minimum Gasteiger partial charge on any atom is -0.396 e. The molecule has 0 amide bonds. The number of aliphatic hydroxyl groups excluding tert-OH is 1. The first kappa shape index (κ1) is 14.3. The zero-order chi connectivity index (χ0) is 11.6. The summed E-state index contributed by atoms with van der Waals surface area (Å²) in [7, 11) is 0. The van der Waals surface area contributed by atoms with Crippen molar-refractivity contribution in [1.29, 1.82) is 0 Å². The molecule has 1 aliphatic rings. The smallest absolute Gasteiger partial charge is 0.0431 e. The summed E-state index contributed by atoms with van der Waals surface area (Å²) in [5.41, 5.74) is 0. The van der Waals surface area contributed by atoms with Crippen molar-refractivity contribution in [3.8, 4) is 0 Å². The fourth-order valence-electron chi connectivity index (χ4n) is 2.40. The van der Waals surface area contributed by atoms with E-state index in [1.807, 2.05) is 11.8 Å². The van der Waals surface area contributed by atoms with Crippen LogP contribution in [0.1, 0.15) is 51.4 Å². The summed E-state index contributed by atoms with van der Waals surface area (Å²) in [6, 6.07) is 0.779. The van der Waals surface area contributed by atoms with Crippen LogP contribution in [0.15, 0.2) is 0 Å². The Bertz CT molecular complexity index is 158. The van der Waals surface area contributed by atoms with E-state index in [9.17, 15) is 0 Å². The molecule has 0 spiro atoms. The Morgan fingerprint density at radius 1 is 1.06 bits per heavy atom. The molecule has 1 saturated carbocycles. The van der Waals surface area contributed by atoms with Gasteiger partial charge >= 0.3 is 0 Å². The first-order chi connectivity index (χ1) is 7.86. The molecule has 16 heavy (non-hydrogen) atoms. The lowest BCUT2D eigenvalue weighted by atomic mass is 9.95. The molecule has 0 aromatic rings. The zero-order valence-electron chi connectivity index (χ0n) is 10.6. The molecule has 0 unspecified atom stereocenters. The van der Waals surface area contributed by atoms with Crippen LogP contribution in [0.4, 0.5) is 0 Å². The van der Waals surface area contributed by atoms with Crippen LogP contribution in [-0.2, 0) is 0 Å². The van der Waals surface area contributed by atoms with E-state index in [0.29, 0.717) is 6.61 Å². The van der Waals surface area contributed by atoms with Crippen LogP contribution < -0.4 is 5.32 Å². The first-order valence-corrected chi connectivity index (χ1v) is 8.02. The van der Waals surface area contributed by atoms with Gasteiger partial charge in [-0.15, -0.1) is 0 Å². The van der Waals surface area contributed by atoms with Gasteiger partial charge in [0.15, 0.2) is 0 Å². The van der Waals surface area contributed by atoms with Gasteiger partial charge in [-0.1, -0.05) is 12.8 Å². The summed E-state index contributed by atoms with van der Waals surface area (Å²) in [5.74, 6) is 0. The van der Waals surface area contributed by atoms with Crippen molar-refractivity contribution in [1.82, 2.24) is 5.32 Å². The van der Waals surface area contributed by atoms with Crippen LogP contribution >= 0.6 is 11.8 Å². The maximum atomic E-state index is 8.66. The van der Waals surface area contributed by atoms with Gasteiger partial charge in [0, 0.05) is 17.9 Å². The Morgan fingerprint density at radius 3 is 2.38 bits per heavy atom. The number of thioether (sulfide) groups is 1. The molecule has 1 aliphatic carbocycles. The van der Waals surface area contributed by atoms with Gasteiger partial charge in [0.05, 0.1) is 0 Å². The number of hydrogen-bond acceptors (Lipinski definition) is 3. The predicted molar refractivity (Wildman–Crippen MR) is 73.1 cm³/mol. The van der Waals surface area contributed by atoms with Gasteiger partial charge in [-0.25, -0.2) is 0 Å². The molecule has 96 valence electrons. The maximum Gasteiger partial charge on any atom is 0.0431 e. The van der Waals surface area contributed by atoms with E-state index < -0.39 is 0 Å². The monoisotopic (exact) mass is 245 g/mol. The van der Waals surface area contributed by atoms with Gasteiger partial charge in [-0.2, -0.15) is 11.8 Å². The Hall–Kier alpha value is 0.270. The summed E-state index contributed by atoms with van der Waals surface area (Å²) < 4.78 is 0. The molecule has 1 rings (SSSR count). The molecule has 1 fully saturated rings. The van der Waals surface area contributed by atoms with E-state index in [1.54, 1.807) is 0 Å². The van der Waals surface area contributed by atoms with Crippen molar-refractivity contribution in [2.45, 2.75) is 62.7 Å². The average molecular weight is 245 g/mol. The normalized spacial score (nSPS) is 25.9. The van der Waals surface area contributed by atoms with Gasteiger partial charge in [0.1, 0.15) is 0 Å². The fourth-order valence-corrected chi connectivity index (χ4v) is 3.14. The van der Waals surface area contributed by atoms with E-state index in [4.69, 9.17) is 5.11 Å². The number of unbranched alkanes of at least 4 members (excludes halogenated alkanes) is 3. The van der Waals surface area contributed by atoms with Crippen LogP contribution in [0.2, 0.25) is 0 Å². The molecule has 0 atom stereocenters. The van der Waals surface area contributed by atoms with E-state index in [2.05, 4.69) is 11.6 Å². The van der Waals surface area contributed by atoms with Crippen LogP contribution in [0.25, 0.3) is 0 Å². The second-order valence-corrected chi connectivity index (χ2v) is 5.94. The minimum atomic E-state index is 0.353. The molecule has 2 nitrogen and oxygen atoms in total. The topological polar surface area (TPSA) is 32.3 Å². The van der Waals surface area contributed by atoms with Crippen LogP contribution in [0.5, 0.6) is 0 Å². The molecule has 0 bridgehead atoms. The van der Waals surface area contributed by atoms with E-state index >= 15 is 0 Å². The Morgan fingerprint density at radius 2 is 1.75 bits per heavy atom. The predicted octanol–water partition coefficient (Wildman–Crippen LogP) is 2.80. The lowest BCUT2D eigenvalue weighted by Crippen LogP contribution is -2.34. The van der Waals surface area contributed by atoms with E-state index in [0.717, 1.165) is 17.7 Å². The lowest BCUT2D eigenvalue weighted by Gasteiger charge is -2.28. The fraction of sp³-hybridized carbons (Fsp3) is 1.00. The molecule has 2 N–H and O–H groups in total. The van der Waals surface area contributed by atoms with Gasteiger partial charge in [-0.3, -0.25) is 0 Å². The van der Waals surface area contributed by atoms with Crippen LogP contribution in [0.3, 0.4) is 0 Å². The summed E-state index contributed by atoms with van der Waals surface area (Å²) >= 11 is 2.03. The molecule has 0 aromatic carbocycles. The third-order valence-electron chi connectivity index (χ3n) is 3.53. The van der Waals surface area contributed by atoms with Crippen molar-refractivity contribution in [3.63, 3.8) is 0 Å². The number of aliphatic hydroxyl groups is 1. The largest absolute Gasteiger partial charge is 0.396 e. The summed E-state index contributed by atoms with van der Waals surface area (Å²) in [5, 5.41) is 13.2. The molecule has 0 radical (unpaired) electrons. The third kappa shape index (κ3) is 6.12. The summed E-state index contributed by atoms with van der Waals surface area (Å²) in [6.45, 7) is 1.52. The van der Waals surface area contributed by atoms with Crippen LogP contribution in [-0.4, -0.2) is 35.8 Å². The number of hydrogen-bond donors (Lipinski definition) is 2. The minimum absolute atomic E-state index is 0.353. The van der Waals surface area contributed by atoms with E-state index in [-0.39, 0.29) is 0 Å². The van der Waals surface area contributed by atoms with Crippen LogP contribution in [0, 0.1) is 0 Å². The average Bonchev–Trinajstić information content (AvgIpc) is 2.34. The van der Waals surface area contributed by atoms with Crippen molar-refractivity contribution in [3.05, 3.63) is 0 Å². The van der Waals surface area contributed by atoms with Crippen molar-refractivity contribution < 1.29 is 5.11 Å². The third-order valence-corrected chi connectivity index (χ3v) is 4.66. The summed E-state index contributed by atoms with van der Waals surface area (Å²) in [4.78, 5) is 0. The van der Waals surface area contributed by atoms with Crippen molar-refractivity contribution >= 4 is 11.8 Å². The van der Waals surface area contributed by atoms with Gasteiger partial charge in [-0.05, 0) is 51.3 Å². The maximum absolute atomic E-state index is 8.66. The molecular formula is C13H27NOS. The van der Waals surface area contributed by atoms with Gasteiger partial charge in [0.25, 0.3) is 0 Å². The quantitative estimate of drug-likeness (QED) is 0.645. The van der Waals surface area contributed by atoms with Crippen molar-refractivity contribution in [2.24, 2.45) is 0 Å². The molecule has 0 aliphatic heterocycles. The van der Waals surface area contributed by atoms with Crippen molar-refractivity contribution in [2.75, 3.05) is 19.4 Å².